The summed E-state index contributed by atoms with van der Waals surface area (Å²) in [6, 6.07) is 24.6. The van der Waals surface area contributed by atoms with Crippen molar-refractivity contribution in [3.8, 4) is 11.5 Å². The molecule has 1 N–H and O–H groups in total. The molecule has 1 aromatic heterocycles. The van der Waals surface area contributed by atoms with Crippen LogP contribution in [0.4, 0.5) is 5.69 Å². The summed E-state index contributed by atoms with van der Waals surface area (Å²) in [5, 5.41) is 1.59. The maximum Gasteiger partial charge on any atom is 0.305 e. The van der Waals surface area contributed by atoms with Gasteiger partial charge in [0.1, 0.15) is 11.5 Å². The molecule has 2 aliphatic carbocycles. The number of amides is 2. The highest BCUT2D eigenvalue weighted by atomic mass is 35.5. The highest BCUT2D eigenvalue weighted by Gasteiger charge is 2.69. The van der Waals surface area contributed by atoms with Crippen molar-refractivity contribution in [1.29, 1.82) is 0 Å². The van der Waals surface area contributed by atoms with E-state index in [0.717, 1.165) is 33.4 Å². The molecular weight excluding hydrogens is 564 g/mol. The van der Waals surface area contributed by atoms with E-state index in [2.05, 4.69) is 17.1 Å². The van der Waals surface area contributed by atoms with Gasteiger partial charge in [0.25, 0.3) is 0 Å². The molecule has 2 saturated carbocycles. The van der Waals surface area contributed by atoms with Gasteiger partial charge in [-0.2, -0.15) is 0 Å². The van der Waals surface area contributed by atoms with Crippen molar-refractivity contribution in [1.82, 2.24) is 4.98 Å². The lowest BCUT2D eigenvalue weighted by atomic mass is 9.68. The maximum absolute atomic E-state index is 13.9. The molecule has 6 nitrogen and oxygen atoms in total. The number of carbonyl (C=O) groups is 2. The van der Waals surface area contributed by atoms with E-state index in [1.807, 2.05) is 42.5 Å². The average Bonchev–Trinajstić information content (AvgIpc) is 3.69. The molecule has 40 heavy (non-hydrogen) atoms. The monoisotopic (exact) mass is 586 g/mol. The summed E-state index contributed by atoms with van der Waals surface area (Å²) in [6.07, 6.45) is 0.847. The van der Waals surface area contributed by atoms with Crippen LogP contribution in [0, 0.1) is 29.6 Å². The highest BCUT2D eigenvalue weighted by Crippen LogP contribution is 2.68. The third-order valence-corrected chi connectivity index (χ3v) is 11.8. The minimum Gasteiger partial charge on any atom is -0.457 e. The molecule has 3 aromatic carbocycles. The van der Waals surface area contributed by atoms with Crippen molar-refractivity contribution in [2.45, 2.75) is 22.6 Å². The fourth-order valence-electron chi connectivity index (χ4n) is 7.63. The first kappa shape index (κ1) is 24.5. The number of rotatable bonds is 4. The van der Waals surface area contributed by atoms with Crippen LogP contribution in [-0.4, -0.2) is 22.0 Å². The third-order valence-electron chi connectivity index (χ3n) is 9.00. The summed E-state index contributed by atoms with van der Waals surface area (Å²) in [5.74, 6) is 0.771. The van der Waals surface area contributed by atoms with Crippen LogP contribution in [0.1, 0.15) is 22.8 Å². The number of ether oxygens (including phenoxy) is 1. The van der Waals surface area contributed by atoms with Gasteiger partial charge in [0.15, 0.2) is 0 Å². The number of H-pyrrole nitrogens is 1. The first-order valence-electron chi connectivity index (χ1n) is 13.3. The molecule has 0 radical (unpaired) electrons. The van der Waals surface area contributed by atoms with E-state index in [0.29, 0.717) is 10.7 Å². The van der Waals surface area contributed by atoms with Crippen LogP contribution in [0.25, 0.3) is 0 Å². The van der Waals surface area contributed by atoms with Crippen LogP contribution in [-0.2, 0) is 9.59 Å². The van der Waals surface area contributed by atoms with E-state index in [1.165, 1.54) is 16.2 Å². The third kappa shape index (κ3) is 3.59. The molecule has 3 heterocycles. The molecule has 1 saturated heterocycles. The molecule has 9 heteroatoms. The standard InChI is InChI=1S/C31H23ClN2O4S2/c32-16-9-11-17(12-10-16)34-29(35)24-20-14-21(25(24)30(34)36)26-23(20)22(27-28(39-26)33-31(37)40-27)15-5-4-8-19(13-15)38-18-6-2-1-3-7-18/h1-13,20-26H,14H2,(H,33,37)/t20?,21?,22-,23?,24?,25?,26?/m1/s1. The zero-order valence-electron chi connectivity index (χ0n) is 21.0. The van der Waals surface area contributed by atoms with Crippen molar-refractivity contribution in [2.75, 3.05) is 4.90 Å². The number of aromatic nitrogens is 1. The van der Waals surface area contributed by atoms with E-state index >= 15 is 0 Å². The number of benzene rings is 3. The Morgan fingerprint density at radius 2 is 1.57 bits per heavy atom. The molecule has 0 spiro atoms. The van der Waals surface area contributed by atoms with Gasteiger partial charge in [0.05, 0.1) is 22.5 Å². The van der Waals surface area contributed by atoms with Gasteiger partial charge >= 0.3 is 4.87 Å². The van der Waals surface area contributed by atoms with Gasteiger partial charge in [-0.1, -0.05) is 53.3 Å². The van der Waals surface area contributed by atoms with E-state index in [4.69, 9.17) is 16.3 Å². The number of imide groups is 1. The van der Waals surface area contributed by atoms with E-state index in [-0.39, 0.29) is 57.4 Å². The van der Waals surface area contributed by atoms with Crippen LogP contribution in [0.2, 0.25) is 5.02 Å². The van der Waals surface area contributed by atoms with Crippen LogP contribution < -0.4 is 14.5 Å². The average molecular weight is 587 g/mol. The van der Waals surface area contributed by atoms with Crippen molar-refractivity contribution in [3.05, 3.63) is 104 Å². The number of nitrogens with zero attached hydrogens (tertiary/aromatic N) is 1. The lowest BCUT2D eigenvalue weighted by molar-refractivity contribution is -0.123. The lowest BCUT2D eigenvalue weighted by Gasteiger charge is -2.43. The molecule has 8 rings (SSSR count). The van der Waals surface area contributed by atoms with E-state index in [1.54, 1.807) is 36.0 Å². The Hall–Kier alpha value is -3.33. The lowest BCUT2D eigenvalue weighted by Crippen LogP contribution is -2.42. The summed E-state index contributed by atoms with van der Waals surface area (Å²) in [6.45, 7) is 0. The second-order valence-corrected chi connectivity index (χ2v) is 13.6. The van der Waals surface area contributed by atoms with Crippen molar-refractivity contribution in [2.24, 2.45) is 29.6 Å². The highest BCUT2D eigenvalue weighted by molar-refractivity contribution is 8.00. The van der Waals surface area contributed by atoms with Crippen LogP contribution in [0.5, 0.6) is 11.5 Å². The zero-order valence-corrected chi connectivity index (χ0v) is 23.4. The molecule has 4 aliphatic rings. The Kier molecular flexibility index (Phi) is 5.56. The summed E-state index contributed by atoms with van der Waals surface area (Å²) >= 11 is 9.03. The second-order valence-electron chi connectivity index (χ2n) is 10.9. The van der Waals surface area contributed by atoms with Gasteiger partial charge in [0, 0.05) is 21.1 Å². The number of nitrogens with one attached hydrogen (secondary N) is 1. The number of halogens is 1. The minimum atomic E-state index is -0.349. The summed E-state index contributed by atoms with van der Waals surface area (Å²) in [7, 11) is 0. The topological polar surface area (TPSA) is 79.5 Å². The van der Waals surface area contributed by atoms with Crippen LogP contribution in [0.15, 0.2) is 88.7 Å². The predicted molar refractivity (Wildman–Crippen MR) is 155 cm³/mol. The fourth-order valence-corrected chi connectivity index (χ4v) is 10.6. The van der Waals surface area contributed by atoms with Crippen molar-refractivity contribution < 1.29 is 14.3 Å². The number of thiazole rings is 1. The van der Waals surface area contributed by atoms with Crippen LogP contribution >= 0.6 is 34.7 Å². The number of hydrogen-bond donors (Lipinski definition) is 1. The van der Waals surface area contributed by atoms with Gasteiger partial charge in [-0.15, -0.1) is 11.8 Å². The summed E-state index contributed by atoms with van der Waals surface area (Å²) in [5.41, 5.74) is 1.64. The molecule has 2 amide bonds. The molecular formula is C31H23ClN2O4S2. The first-order chi connectivity index (χ1) is 19.5. The Bertz CT molecular complexity index is 1720. The van der Waals surface area contributed by atoms with Gasteiger partial charge in [-0.25, -0.2) is 0 Å². The van der Waals surface area contributed by atoms with Crippen molar-refractivity contribution in [3.63, 3.8) is 0 Å². The van der Waals surface area contributed by atoms with E-state index < -0.39 is 0 Å². The summed E-state index contributed by atoms with van der Waals surface area (Å²) < 4.78 is 6.16. The molecule has 4 aromatic rings. The molecule has 2 bridgehead atoms. The first-order valence-corrected chi connectivity index (χ1v) is 15.4. The maximum atomic E-state index is 13.9. The zero-order chi connectivity index (χ0) is 27.1. The minimum absolute atomic E-state index is 0.0512. The van der Waals surface area contributed by atoms with Gasteiger partial charge in [-0.05, 0) is 78.3 Å². The SMILES string of the molecule is O=C1C2C3CC(C2C(=O)N1c1ccc(Cl)cc1)C1C3Sc2[nH]c(=O)sc2[C@@H]1c1cccc(Oc2ccccc2)c1. The molecule has 7 atom stereocenters. The van der Waals surface area contributed by atoms with Gasteiger partial charge < -0.3 is 9.72 Å². The summed E-state index contributed by atoms with van der Waals surface area (Å²) in [4.78, 5) is 45.6. The number of anilines is 1. The predicted octanol–water partition coefficient (Wildman–Crippen LogP) is 6.56. The number of fused-ring (bicyclic) bond motifs is 9. The van der Waals surface area contributed by atoms with Crippen LogP contribution in [0.3, 0.4) is 0 Å². The number of carbonyl (C=O) groups excluding carboxylic acids is 2. The Morgan fingerprint density at radius 1 is 0.850 bits per heavy atom. The molecule has 2 aliphatic heterocycles. The smallest absolute Gasteiger partial charge is 0.305 e. The van der Waals surface area contributed by atoms with Gasteiger partial charge in [0.2, 0.25) is 11.8 Å². The Labute approximate surface area is 243 Å². The van der Waals surface area contributed by atoms with Crippen molar-refractivity contribution >= 4 is 52.2 Å². The van der Waals surface area contributed by atoms with E-state index in [9.17, 15) is 14.4 Å². The fraction of sp³-hybridized carbons (Fsp3) is 0.258. The quantitative estimate of drug-likeness (QED) is 0.274. The number of hydrogen-bond acceptors (Lipinski definition) is 6. The number of aromatic amines is 1. The number of thioether (sulfide) groups is 1. The van der Waals surface area contributed by atoms with Gasteiger partial charge in [-0.3, -0.25) is 19.3 Å². The largest absolute Gasteiger partial charge is 0.457 e. The number of para-hydroxylation sites is 1. The Morgan fingerprint density at radius 3 is 2.35 bits per heavy atom. The molecule has 6 unspecified atom stereocenters. The second kappa shape index (κ2) is 9.09. The molecule has 200 valence electrons. The normalized spacial score (nSPS) is 29.8. The molecule has 3 fully saturated rings. The Balaban J connectivity index is 1.19.